The van der Waals surface area contributed by atoms with Crippen molar-refractivity contribution in [2.75, 3.05) is 77.1 Å². The van der Waals surface area contributed by atoms with Crippen LogP contribution < -0.4 is 16.0 Å². The van der Waals surface area contributed by atoms with Crippen LogP contribution in [0.25, 0.3) is 0 Å². The number of para-hydroxylation sites is 1. The summed E-state index contributed by atoms with van der Waals surface area (Å²) in [4.78, 5) is 16.4. The topological polar surface area (TPSA) is 70.5 Å². The average molecular weight is 689 g/mol. The van der Waals surface area contributed by atoms with E-state index in [0.717, 1.165) is 90.4 Å². The minimum atomic E-state index is 0.436. The molecule has 3 aromatic carbocycles. The van der Waals surface area contributed by atoms with E-state index < -0.39 is 0 Å². The molecule has 0 aromatic heterocycles. The summed E-state index contributed by atoms with van der Waals surface area (Å²) >= 11 is 18.3. The molecule has 5 aliphatic rings. The molecule has 242 valence electrons. The van der Waals surface area contributed by atoms with Gasteiger partial charge in [0.2, 0.25) is 0 Å². The molecule has 0 radical (unpaired) electrons. The van der Waals surface area contributed by atoms with E-state index in [9.17, 15) is 0 Å². The van der Waals surface area contributed by atoms with Crippen molar-refractivity contribution in [3.05, 3.63) is 112 Å². The molecule has 0 atom stereocenters. The van der Waals surface area contributed by atoms with Gasteiger partial charge < -0.3 is 30.7 Å². The van der Waals surface area contributed by atoms with Gasteiger partial charge in [0.15, 0.2) is 10.9 Å². The molecule has 2 fully saturated rings. The minimum Gasteiger partial charge on any atom is -0.353 e. The molecule has 0 amide bonds. The number of anilines is 3. The second kappa shape index (κ2) is 15.5. The highest BCUT2D eigenvalue weighted by Gasteiger charge is 2.25. The summed E-state index contributed by atoms with van der Waals surface area (Å²) in [5.74, 6) is 1.03. The average Bonchev–Trinajstić information content (AvgIpc) is 3.33. The fraction of sp³-hybridized carbons (Fsp3) is 0.278. The van der Waals surface area contributed by atoms with E-state index in [1.54, 1.807) is 6.07 Å². The fourth-order valence-corrected chi connectivity index (χ4v) is 6.15. The number of benzene rings is 3. The van der Waals surface area contributed by atoms with Crippen LogP contribution in [0.5, 0.6) is 0 Å². The summed E-state index contributed by atoms with van der Waals surface area (Å²) < 4.78 is 0. The number of nitrogens with one attached hydrogen (secondary N) is 3. The second-order valence-corrected chi connectivity index (χ2v) is 13.0. The summed E-state index contributed by atoms with van der Waals surface area (Å²) in [6.45, 7) is 8.82. The Morgan fingerprint density at radius 1 is 0.702 bits per heavy atom. The lowest BCUT2D eigenvalue weighted by atomic mass is 10.1. The van der Waals surface area contributed by atoms with E-state index in [0.29, 0.717) is 15.2 Å². The third kappa shape index (κ3) is 8.42. The highest BCUT2D eigenvalue weighted by atomic mass is 35.5. The third-order valence-electron chi connectivity index (χ3n) is 8.30. The normalized spacial score (nSPS) is 18.4. The zero-order chi connectivity index (χ0) is 32.8. The van der Waals surface area contributed by atoms with Crippen molar-refractivity contribution in [2.45, 2.75) is 0 Å². The van der Waals surface area contributed by atoms with Crippen LogP contribution in [-0.2, 0) is 0 Å². The molecule has 2 saturated heterocycles. The predicted octanol–water partition coefficient (Wildman–Crippen LogP) is 7.46. The van der Waals surface area contributed by atoms with E-state index in [2.05, 4.69) is 74.0 Å². The molecule has 1 aliphatic carbocycles. The van der Waals surface area contributed by atoms with Crippen LogP contribution in [0.2, 0.25) is 10.0 Å². The summed E-state index contributed by atoms with van der Waals surface area (Å²) in [6.07, 6.45) is 8.54. The lowest BCUT2D eigenvalue weighted by Crippen LogP contribution is -2.47. The number of aliphatic imine (C=N–C) groups is 2. The lowest BCUT2D eigenvalue weighted by Gasteiger charge is -2.34. The third-order valence-corrected chi connectivity index (χ3v) is 9.06. The maximum atomic E-state index is 6.18. The standard InChI is InChI=1S/C18H19ClN4.C13H7Cl2N2.C5H12N2/c1-22-8-10-23(11-9-22)18-14-4-2-3-5-15(14)20-16-7-6-13(19)12-17(16)21-18;14-8-5-6-11-12(7-8)17-13(15)9-3-1-2-4-10(9)16-11;1-7-4-2-6-3-5-7/h2-7,12,20H,8-11H2,1H3;2-7,16H;6H,2-5H2,1H3/q;+1;. The van der Waals surface area contributed by atoms with Gasteiger partial charge in [-0.1, -0.05) is 35.3 Å². The van der Waals surface area contributed by atoms with Gasteiger partial charge in [0.05, 0.1) is 28.8 Å². The number of fused-ring (bicyclic) bond motifs is 3. The Bertz CT molecular complexity index is 1750. The zero-order valence-electron chi connectivity index (χ0n) is 26.5. The molecule has 47 heavy (non-hydrogen) atoms. The van der Waals surface area contributed by atoms with Crippen molar-refractivity contribution >= 4 is 74.2 Å². The van der Waals surface area contributed by atoms with Gasteiger partial charge in [-0.05, 0) is 74.2 Å². The molecule has 0 saturated carbocycles. The maximum Gasteiger partial charge on any atom is 0.197 e. The van der Waals surface area contributed by atoms with E-state index in [1.165, 1.54) is 13.1 Å². The van der Waals surface area contributed by atoms with Crippen molar-refractivity contribution in [1.29, 1.82) is 0 Å². The Kier molecular flexibility index (Phi) is 10.9. The molecule has 3 N–H and O–H groups in total. The number of nitrogens with zero attached hydrogens (tertiary/aromatic N) is 5. The smallest absolute Gasteiger partial charge is 0.197 e. The number of halogens is 3. The molecule has 8 rings (SSSR count). The maximum absolute atomic E-state index is 6.18. The summed E-state index contributed by atoms with van der Waals surface area (Å²) in [7, 11) is 4.32. The Morgan fingerprint density at radius 2 is 1.34 bits per heavy atom. The SMILES string of the molecule is CN1CCN(C2=Nc3cc(Cl)ccc3Nc3ccccc32)CC1.CN1CCNCC1.ClC1=Nc2cc(Cl)ccc2NC2=C1C=[C+]C=C2. The summed E-state index contributed by atoms with van der Waals surface area (Å²) in [6, 6.07) is 19.6. The molecule has 8 nitrogen and oxygen atoms in total. The fourth-order valence-electron chi connectivity index (χ4n) is 5.57. The number of rotatable bonds is 0. The van der Waals surface area contributed by atoms with Crippen LogP contribution in [0.15, 0.2) is 100 Å². The van der Waals surface area contributed by atoms with Gasteiger partial charge in [-0.15, -0.1) is 0 Å². The number of likely N-dealkylation sites (N-methyl/N-ethyl adjacent to an activating group) is 2. The first kappa shape index (κ1) is 33.2. The number of allylic oxidation sites excluding steroid dienone is 5. The van der Waals surface area contributed by atoms with Crippen LogP contribution >= 0.6 is 34.8 Å². The van der Waals surface area contributed by atoms with Gasteiger partial charge in [-0.2, -0.15) is 0 Å². The Balaban J connectivity index is 0.000000141. The highest BCUT2D eigenvalue weighted by molar-refractivity contribution is 6.70. The molecule has 4 heterocycles. The van der Waals surface area contributed by atoms with E-state index in [4.69, 9.17) is 39.8 Å². The summed E-state index contributed by atoms with van der Waals surface area (Å²) in [5.41, 5.74) is 7.49. The van der Waals surface area contributed by atoms with Crippen LogP contribution in [-0.4, -0.2) is 92.2 Å². The highest BCUT2D eigenvalue weighted by Crippen LogP contribution is 2.37. The van der Waals surface area contributed by atoms with Crippen molar-refractivity contribution in [2.24, 2.45) is 9.98 Å². The van der Waals surface area contributed by atoms with E-state index in [-0.39, 0.29) is 0 Å². The zero-order valence-corrected chi connectivity index (χ0v) is 28.8. The molecule has 0 unspecified atom stereocenters. The minimum absolute atomic E-state index is 0.436. The quantitative estimate of drug-likeness (QED) is 0.213. The first-order chi connectivity index (χ1) is 22.8. The van der Waals surface area contributed by atoms with Gasteiger partial charge in [0.25, 0.3) is 0 Å². The van der Waals surface area contributed by atoms with Crippen molar-refractivity contribution in [3.63, 3.8) is 0 Å². The molecular formula is C36H38Cl3N8+. The van der Waals surface area contributed by atoms with E-state index >= 15 is 0 Å². The van der Waals surface area contributed by atoms with Crippen LogP contribution in [0.1, 0.15) is 5.56 Å². The van der Waals surface area contributed by atoms with Gasteiger partial charge in [-0.25, -0.2) is 9.98 Å². The molecule has 0 bridgehead atoms. The Hall–Kier alpha value is -3.72. The largest absolute Gasteiger partial charge is 0.353 e. The van der Waals surface area contributed by atoms with Gasteiger partial charge in [-0.3, -0.25) is 0 Å². The van der Waals surface area contributed by atoms with Crippen molar-refractivity contribution < 1.29 is 0 Å². The molecule has 0 spiro atoms. The summed E-state index contributed by atoms with van der Waals surface area (Å²) in [5, 5.41) is 11.8. The molecule has 4 aliphatic heterocycles. The van der Waals surface area contributed by atoms with Crippen LogP contribution in [0.3, 0.4) is 0 Å². The predicted molar refractivity (Wildman–Crippen MR) is 199 cm³/mol. The monoisotopic (exact) mass is 687 g/mol. The number of hydrogen-bond acceptors (Lipinski definition) is 8. The lowest BCUT2D eigenvalue weighted by molar-refractivity contribution is 0.216. The molecule has 3 aromatic rings. The van der Waals surface area contributed by atoms with Crippen molar-refractivity contribution in [3.8, 4) is 0 Å². The Morgan fingerprint density at radius 3 is 2.02 bits per heavy atom. The number of amidine groups is 1. The van der Waals surface area contributed by atoms with Gasteiger partial charge in [0, 0.05) is 79.7 Å². The van der Waals surface area contributed by atoms with Gasteiger partial charge in [0.1, 0.15) is 23.6 Å². The first-order valence-corrected chi connectivity index (χ1v) is 16.9. The number of hydrogen-bond donors (Lipinski definition) is 3. The van der Waals surface area contributed by atoms with E-state index in [1.807, 2.05) is 54.6 Å². The second-order valence-electron chi connectivity index (χ2n) is 11.8. The number of piperazine rings is 2. The molecular weight excluding hydrogens is 651 g/mol. The van der Waals surface area contributed by atoms with Crippen LogP contribution in [0.4, 0.5) is 28.4 Å². The Labute approximate surface area is 292 Å². The van der Waals surface area contributed by atoms with Gasteiger partial charge >= 0.3 is 0 Å². The first-order valence-electron chi connectivity index (χ1n) is 15.7. The van der Waals surface area contributed by atoms with Crippen LogP contribution in [0, 0.1) is 6.08 Å². The molecule has 11 heteroatoms. The van der Waals surface area contributed by atoms with Crippen molar-refractivity contribution in [1.82, 2.24) is 20.0 Å².